The van der Waals surface area contributed by atoms with Crippen LogP contribution in [0.25, 0.3) is 0 Å². The van der Waals surface area contributed by atoms with Crippen molar-refractivity contribution in [3.63, 3.8) is 0 Å². The van der Waals surface area contributed by atoms with Gasteiger partial charge in [-0.2, -0.15) is 0 Å². The van der Waals surface area contributed by atoms with Crippen LogP contribution < -0.4 is 14.8 Å². The summed E-state index contributed by atoms with van der Waals surface area (Å²) in [5, 5.41) is 2.92. The van der Waals surface area contributed by atoms with Crippen molar-refractivity contribution in [1.29, 1.82) is 0 Å². The quantitative estimate of drug-likeness (QED) is 0.874. The van der Waals surface area contributed by atoms with Gasteiger partial charge in [0.05, 0.1) is 10.9 Å². The first-order chi connectivity index (χ1) is 11.8. The van der Waals surface area contributed by atoms with Crippen LogP contribution in [-0.2, 0) is 10.0 Å². The van der Waals surface area contributed by atoms with Crippen molar-refractivity contribution in [3.05, 3.63) is 58.7 Å². The lowest BCUT2D eigenvalue weighted by Crippen LogP contribution is -2.30. The largest absolute Gasteiger partial charge is 0.491 e. The Hall–Kier alpha value is -2.38. The number of ether oxygens (including phenoxy) is 1. The first-order valence-electron chi connectivity index (χ1n) is 7.91. The summed E-state index contributed by atoms with van der Waals surface area (Å²) in [7, 11) is -2.29. The standard InChI is InChI=1S/C18H20N2O4S/c1-11-8-13(9-17(12(11)2)25(22,23)19-3)18(21)20-15-10-24-16-7-5-4-6-14(15)16/h4-9,15,19H,10H2,1-3H3,(H,20,21)/t15-/m0/s1. The minimum absolute atomic E-state index is 0.114. The van der Waals surface area contributed by atoms with Crippen LogP contribution >= 0.6 is 0 Å². The van der Waals surface area contributed by atoms with E-state index in [9.17, 15) is 13.2 Å². The Morgan fingerprint density at radius 3 is 2.64 bits per heavy atom. The Morgan fingerprint density at radius 1 is 1.20 bits per heavy atom. The lowest BCUT2D eigenvalue weighted by Gasteiger charge is -2.15. The van der Waals surface area contributed by atoms with E-state index in [1.54, 1.807) is 19.9 Å². The molecule has 1 amide bonds. The second kappa shape index (κ2) is 6.50. The van der Waals surface area contributed by atoms with Gasteiger partial charge in [-0.05, 0) is 50.2 Å². The van der Waals surface area contributed by atoms with Crippen molar-refractivity contribution in [2.45, 2.75) is 24.8 Å². The van der Waals surface area contributed by atoms with Gasteiger partial charge in [0, 0.05) is 11.1 Å². The average molecular weight is 360 g/mol. The van der Waals surface area contributed by atoms with Gasteiger partial charge in [0.15, 0.2) is 0 Å². The highest BCUT2D eigenvalue weighted by molar-refractivity contribution is 7.89. The summed E-state index contributed by atoms with van der Waals surface area (Å²) < 4.78 is 32.3. The molecule has 0 aliphatic carbocycles. The summed E-state index contributed by atoms with van der Waals surface area (Å²) >= 11 is 0. The second-order valence-electron chi connectivity index (χ2n) is 6.00. The Balaban J connectivity index is 1.91. The van der Waals surface area contributed by atoms with Gasteiger partial charge in [-0.25, -0.2) is 13.1 Å². The van der Waals surface area contributed by atoms with Crippen LogP contribution in [-0.4, -0.2) is 28.0 Å². The molecular formula is C18H20N2O4S. The first-order valence-corrected chi connectivity index (χ1v) is 9.39. The van der Waals surface area contributed by atoms with Gasteiger partial charge in [-0.15, -0.1) is 0 Å². The minimum atomic E-state index is -3.64. The van der Waals surface area contributed by atoms with Crippen molar-refractivity contribution in [2.75, 3.05) is 13.7 Å². The number of nitrogens with one attached hydrogen (secondary N) is 2. The summed E-state index contributed by atoms with van der Waals surface area (Å²) in [6.45, 7) is 3.87. The molecule has 0 bridgehead atoms. The zero-order valence-electron chi connectivity index (χ0n) is 14.3. The SMILES string of the molecule is CNS(=O)(=O)c1cc(C(=O)N[C@H]2COc3ccccc32)cc(C)c1C. The lowest BCUT2D eigenvalue weighted by atomic mass is 10.0. The van der Waals surface area contributed by atoms with E-state index in [-0.39, 0.29) is 16.8 Å². The third-order valence-corrected chi connectivity index (χ3v) is 5.99. The molecule has 0 saturated carbocycles. The zero-order chi connectivity index (χ0) is 18.2. The number of aryl methyl sites for hydroxylation is 1. The van der Waals surface area contributed by atoms with Crippen LogP contribution in [0.5, 0.6) is 5.75 Å². The van der Waals surface area contributed by atoms with Crippen molar-refractivity contribution in [3.8, 4) is 5.75 Å². The van der Waals surface area contributed by atoms with Crippen molar-refractivity contribution < 1.29 is 17.9 Å². The fourth-order valence-corrected chi connectivity index (χ4v) is 3.94. The molecular weight excluding hydrogens is 340 g/mol. The number of fused-ring (bicyclic) bond motifs is 1. The average Bonchev–Trinajstić information content (AvgIpc) is 3.00. The van der Waals surface area contributed by atoms with Crippen molar-refractivity contribution >= 4 is 15.9 Å². The number of amides is 1. The van der Waals surface area contributed by atoms with E-state index in [4.69, 9.17) is 4.74 Å². The predicted molar refractivity (Wildman–Crippen MR) is 94.3 cm³/mol. The smallest absolute Gasteiger partial charge is 0.251 e. The Bertz CT molecular complexity index is 938. The van der Waals surface area contributed by atoms with E-state index >= 15 is 0 Å². The molecule has 2 N–H and O–H groups in total. The molecule has 1 heterocycles. The Kier molecular flexibility index (Phi) is 4.53. The van der Waals surface area contributed by atoms with Crippen LogP contribution in [0, 0.1) is 13.8 Å². The van der Waals surface area contributed by atoms with Crippen LogP contribution in [0.3, 0.4) is 0 Å². The van der Waals surface area contributed by atoms with Crippen molar-refractivity contribution in [2.24, 2.45) is 0 Å². The van der Waals surface area contributed by atoms with Gasteiger partial charge < -0.3 is 10.1 Å². The fraction of sp³-hybridized carbons (Fsp3) is 0.278. The second-order valence-corrected chi connectivity index (χ2v) is 7.85. The van der Waals surface area contributed by atoms with E-state index < -0.39 is 10.0 Å². The molecule has 0 aromatic heterocycles. The van der Waals surface area contributed by atoms with Crippen LogP contribution in [0.4, 0.5) is 0 Å². The number of hydrogen-bond acceptors (Lipinski definition) is 4. The summed E-state index contributed by atoms with van der Waals surface area (Å²) in [4.78, 5) is 12.8. The maximum atomic E-state index is 12.7. The monoisotopic (exact) mass is 360 g/mol. The zero-order valence-corrected chi connectivity index (χ0v) is 15.1. The molecule has 1 atom stereocenters. The molecule has 3 rings (SSSR count). The number of carbonyl (C=O) groups excluding carboxylic acids is 1. The van der Waals surface area contributed by atoms with Gasteiger partial charge in [-0.1, -0.05) is 18.2 Å². The number of sulfonamides is 1. The first kappa shape index (κ1) is 17.4. The van der Waals surface area contributed by atoms with E-state index in [1.165, 1.54) is 13.1 Å². The van der Waals surface area contributed by atoms with Gasteiger partial charge in [-0.3, -0.25) is 4.79 Å². The molecule has 0 spiro atoms. The van der Waals surface area contributed by atoms with Crippen LogP contribution in [0.1, 0.15) is 33.1 Å². The number of benzene rings is 2. The highest BCUT2D eigenvalue weighted by atomic mass is 32.2. The molecule has 2 aromatic rings. The summed E-state index contributed by atoms with van der Waals surface area (Å²) in [6, 6.07) is 10.4. The molecule has 0 radical (unpaired) electrons. The maximum Gasteiger partial charge on any atom is 0.251 e. The predicted octanol–water partition coefficient (Wildman–Crippen LogP) is 2.08. The van der Waals surface area contributed by atoms with Crippen LogP contribution in [0.2, 0.25) is 0 Å². The highest BCUT2D eigenvalue weighted by Crippen LogP contribution is 2.32. The van der Waals surface area contributed by atoms with E-state index in [0.717, 1.165) is 16.9 Å². The van der Waals surface area contributed by atoms with Gasteiger partial charge in [0.25, 0.3) is 5.91 Å². The summed E-state index contributed by atoms with van der Waals surface area (Å²) in [6.07, 6.45) is 0. The number of rotatable bonds is 4. The molecule has 0 saturated heterocycles. The molecule has 7 heteroatoms. The molecule has 25 heavy (non-hydrogen) atoms. The molecule has 6 nitrogen and oxygen atoms in total. The summed E-state index contributed by atoms with van der Waals surface area (Å²) in [5.41, 5.74) is 2.59. The number of para-hydroxylation sites is 1. The topological polar surface area (TPSA) is 84.5 Å². The molecule has 0 fully saturated rings. The third-order valence-electron chi connectivity index (χ3n) is 4.45. The molecule has 1 aliphatic rings. The molecule has 0 unspecified atom stereocenters. The highest BCUT2D eigenvalue weighted by Gasteiger charge is 2.26. The number of hydrogen-bond donors (Lipinski definition) is 2. The van der Waals surface area contributed by atoms with E-state index in [0.29, 0.717) is 17.7 Å². The summed E-state index contributed by atoms with van der Waals surface area (Å²) in [5.74, 6) is 0.423. The molecule has 2 aromatic carbocycles. The van der Waals surface area contributed by atoms with Crippen LogP contribution in [0.15, 0.2) is 41.3 Å². The Labute approximate surface area is 147 Å². The Morgan fingerprint density at radius 2 is 1.92 bits per heavy atom. The minimum Gasteiger partial charge on any atom is -0.491 e. The molecule has 1 aliphatic heterocycles. The maximum absolute atomic E-state index is 12.7. The normalized spacial score (nSPS) is 16.2. The van der Waals surface area contributed by atoms with Gasteiger partial charge in [0.1, 0.15) is 12.4 Å². The molecule has 132 valence electrons. The van der Waals surface area contributed by atoms with Crippen molar-refractivity contribution in [1.82, 2.24) is 10.0 Å². The van der Waals surface area contributed by atoms with Gasteiger partial charge in [0.2, 0.25) is 10.0 Å². The fourth-order valence-electron chi connectivity index (χ4n) is 2.87. The van der Waals surface area contributed by atoms with Gasteiger partial charge >= 0.3 is 0 Å². The third kappa shape index (κ3) is 3.25. The van der Waals surface area contributed by atoms with E-state index in [1.807, 2.05) is 24.3 Å². The number of carbonyl (C=O) groups is 1. The lowest BCUT2D eigenvalue weighted by molar-refractivity contribution is 0.0930. The van der Waals surface area contributed by atoms with E-state index in [2.05, 4.69) is 10.0 Å².